The van der Waals surface area contributed by atoms with Gasteiger partial charge >= 0.3 is 0 Å². The van der Waals surface area contributed by atoms with Gasteiger partial charge in [-0.2, -0.15) is 0 Å². The average molecular weight is 426 g/mol. The number of likely N-dealkylation sites (N-methyl/N-ethyl adjacent to an activating group) is 1. The van der Waals surface area contributed by atoms with Crippen molar-refractivity contribution in [2.75, 3.05) is 25.5 Å². The molecule has 1 aromatic carbocycles. The lowest BCUT2D eigenvalue weighted by Gasteiger charge is -2.56. The minimum Gasteiger partial charge on any atom is -0.347 e. The van der Waals surface area contributed by atoms with Crippen molar-refractivity contribution < 1.29 is 14.4 Å². The maximum atomic E-state index is 12.6. The molecule has 31 heavy (non-hydrogen) atoms. The van der Waals surface area contributed by atoms with Crippen molar-refractivity contribution in [2.24, 2.45) is 23.2 Å². The van der Waals surface area contributed by atoms with Crippen molar-refractivity contribution in [1.29, 1.82) is 0 Å². The SMILES string of the molecule is Cc1cccc(C)c1NC(=O)CN(C)C(=O)CNC(=O)CC12CC3CC(CC(C3)C1)C2. The van der Waals surface area contributed by atoms with E-state index in [0.29, 0.717) is 6.42 Å². The van der Waals surface area contributed by atoms with E-state index in [1.165, 1.54) is 43.4 Å². The minimum atomic E-state index is -0.254. The van der Waals surface area contributed by atoms with Gasteiger partial charge in [0.2, 0.25) is 17.7 Å². The second-order valence-electron chi connectivity index (χ2n) is 10.4. The highest BCUT2D eigenvalue weighted by molar-refractivity contribution is 5.96. The quantitative estimate of drug-likeness (QED) is 0.703. The molecular formula is C25H35N3O3. The van der Waals surface area contributed by atoms with Crippen molar-refractivity contribution in [1.82, 2.24) is 10.2 Å². The van der Waals surface area contributed by atoms with Crippen LogP contribution in [0.1, 0.15) is 56.1 Å². The normalized spacial score (nSPS) is 28.3. The first-order valence-electron chi connectivity index (χ1n) is 11.6. The maximum absolute atomic E-state index is 12.6. The van der Waals surface area contributed by atoms with Crippen LogP contribution in [0.3, 0.4) is 0 Å². The van der Waals surface area contributed by atoms with E-state index in [2.05, 4.69) is 10.6 Å². The Labute approximate surface area is 185 Å². The number of nitrogens with zero attached hydrogens (tertiary/aromatic N) is 1. The molecule has 0 spiro atoms. The van der Waals surface area contributed by atoms with Gasteiger partial charge < -0.3 is 15.5 Å². The Hall–Kier alpha value is -2.37. The summed E-state index contributed by atoms with van der Waals surface area (Å²) >= 11 is 0. The molecule has 3 amide bonds. The van der Waals surface area contributed by atoms with E-state index in [9.17, 15) is 14.4 Å². The summed E-state index contributed by atoms with van der Waals surface area (Å²) in [4.78, 5) is 38.9. The Balaban J connectivity index is 1.23. The molecular weight excluding hydrogens is 390 g/mol. The third-order valence-corrected chi connectivity index (χ3v) is 7.69. The van der Waals surface area contributed by atoms with Crippen LogP contribution < -0.4 is 10.6 Å². The number of carbonyl (C=O) groups excluding carboxylic acids is 3. The topological polar surface area (TPSA) is 78.5 Å². The van der Waals surface area contributed by atoms with Gasteiger partial charge in [0.25, 0.3) is 0 Å². The molecule has 4 saturated carbocycles. The van der Waals surface area contributed by atoms with Gasteiger partial charge in [-0.25, -0.2) is 0 Å². The Bertz CT molecular complexity index is 823. The maximum Gasteiger partial charge on any atom is 0.243 e. The summed E-state index contributed by atoms with van der Waals surface area (Å²) in [5, 5.41) is 5.71. The van der Waals surface area contributed by atoms with Gasteiger partial charge in [0.15, 0.2) is 0 Å². The predicted molar refractivity (Wildman–Crippen MR) is 120 cm³/mol. The lowest BCUT2D eigenvalue weighted by Crippen LogP contribution is -2.48. The minimum absolute atomic E-state index is 0.0244. The van der Waals surface area contributed by atoms with E-state index in [0.717, 1.165) is 34.6 Å². The molecule has 168 valence electrons. The Kier molecular flexibility index (Phi) is 6.09. The van der Waals surface area contributed by atoms with Gasteiger partial charge in [0.1, 0.15) is 0 Å². The summed E-state index contributed by atoms with van der Waals surface area (Å²) in [7, 11) is 1.60. The first kappa shape index (κ1) is 21.8. The zero-order valence-corrected chi connectivity index (χ0v) is 19.0. The van der Waals surface area contributed by atoms with E-state index in [1.807, 2.05) is 32.0 Å². The molecule has 4 bridgehead atoms. The predicted octanol–water partition coefficient (Wildman–Crippen LogP) is 3.42. The lowest BCUT2D eigenvalue weighted by atomic mass is 9.49. The molecule has 0 aromatic heterocycles. The van der Waals surface area contributed by atoms with Gasteiger partial charge in [-0.15, -0.1) is 0 Å². The van der Waals surface area contributed by atoms with Crippen molar-refractivity contribution in [3.8, 4) is 0 Å². The molecule has 0 atom stereocenters. The zero-order chi connectivity index (χ0) is 22.2. The number of rotatable bonds is 7. The highest BCUT2D eigenvalue weighted by Crippen LogP contribution is 2.61. The number of para-hydroxylation sites is 1. The van der Waals surface area contributed by atoms with Crippen LogP contribution in [0.15, 0.2) is 18.2 Å². The number of benzene rings is 1. The first-order valence-corrected chi connectivity index (χ1v) is 11.6. The monoisotopic (exact) mass is 425 g/mol. The van der Waals surface area contributed by atoms with Gasteiger partial charge in [-0.05, 0) is 86.7 Å². The average Bonchev–Trinajstić information content (AvgIpc) is 2.67. The van der Waals surface area contributed by atoms with Crippen LogP contribution in [0.5, 0.6) is 0 Å². The molecule has 4 aliphatic rings. The molecule has 0 heterocycles. The lowest BCUT2D eigenvalue weighted by molar-refractivity contribution is -0.136. The molecule has 0 aliphatic heterocycles. The van der Waals surface area contributed by atoms with E-state index < -0.39 is 0 Å². The molecule has 2 N–H and O–H groups in total. The Morgan fingerprint density at radius 1 is 0.968 bits per heavy atom. The number of hydrogen-bond donors (Lipinski definition) is 2. The van der Waals surface area contributed by atoms with Crippen molar-refractivity contribution >= 4 is 23.4 Å². The van der Waals surface area contributed by atoms with Crippen LogP contribution in [0.25, 0.3) is 0 Å². The third kappa shape index (κ3) is 4.94. The number of hydrogen-bond acceptors (Lipinski definition) is 3. The standard InChI is InChI=1S/C25H35N3O3/c1-16-5-4-6-17(2)24(16)27-22(30)15-28(3)23(31)14-26-21(29)13-25-10-18-7-19(11-25)9-20(8-18)12-25/h4-6,18-20H,7-15H2,1-3H3,(H,26,29)(H,27,30). The second kappa shape index (κ2) is 8.64. The highest BCUT2D eigenvalue weighted by atomic mass is 16.2. The fourth-order valence-electron chi connectivity index (χ4n) is 6.71. The number of carbonyl (C=O) groups is 3. The molecule has 5 rings (SSSR count). The first-order chi connectivity index (χ1) is 14.7. The van der Waals surface area contributed by atoms with Crippen molar-refractivity contribution in [2.45, 2.75) is 58.8 Å². The fraction of sp³-hybridized carbons (Fsp3) is 0.640. The van der Waals surface area contributed by atoms with Crippen LogP contribution in [0, 0.1) is 37.0 Å². The molecule has 0 unspecified atom stereocenters. The summed E-state index contributed by atoms with van der Waals surface area (Å²) in [6.07, 6.45) is 8.15. The van der Waals surface area contributed by atoms with Crippen LogP contribution in [-0.2, 0) is 14.4 Å². The van der Waals surface area contributed by atoms with Crippen LogP contribution in [-0.4, -0.2) is 42.8 Å². The van der Waals surface area contributed by atoms with Crippen molar-refractivity contribution in [3.05, 3.63) is 29.3 Å². The van der Waals surface area contributed by atoms with E-state index in [1.54, 1.807) is 7.05 Å². The largest absolute Gasteiger partial charge is 0.347 e. The third-order valence-electron chi connectivity index (χ3n) is 7.69. The summed E-state index contributed by atoms with van der Waals surface area (Å²) < 4.78 is 0. The molecule has 6 nitrogen and oxygen atoms in total. The number of amides is 3. The smallest absolute Gasteiger partial charge is 0.243 e. The summed E-state index contributed by atoms with van der Waals surface area (Å²) in [5.41, 5.74) is 2.93. The van der Waals surface area contributed by atoms with E-state index in [4.69, 9.17) is 0 Å². The van der Waals surface area contributed by atoms with Gasteiger partial charge in [-0.1, -0.05) is 18.2 Å². The number of anilines is 1. The van der Waals surface area contributed by atoms with Crippen LogP contribution >= 0.6 is 0 Å². The van der Waals surface area contributed by atoms with Gasteiger partial charge in [-0.3, -0.25) is 14.4 Å². The zero-order valence-electron chi connectivity index (χ0n) is 19.0. The molecule has 4 aliphatic carbocycles. The Morgan fingerprint density at radius 2 is 1.52 bits per heavy atom. The fourth-order valence-corrected chi connectivity index (χ4v) is 6.71. The second-order valence-corrected chi connectivity index (χ2v) is 10.4. The summed E-state index contributed by atoms with van der Waals surface area (Å²) in [6, 6.07) is 5.83. The molecule has 4 fully saturated rings. The van der Waals surface area contributed by atoms with Crippen LogP contribution in [0.4, 0.5) is 5.69 Å². The summed E-state index contributed by atoms with van der Waals surface area (Å²) in [6.45, 7) is 3.78. The van der Waals surface area contributed by atoms with Crippen LogP contribution in [0.2, 0.25) is 0 Å². The molecule has 1 aromatic rings. The Morgan fingerprint density at radius 3 is 2.06 bits per heavy atom. The van der Waals surface area contributed by atoms with Gasteiger partial charge in [0.05, 0.1) is 13.1 Å². The molecule has 0 radical (unpaired) electrons. The van der Waals surface area contributed by atoms with Crippen molar-refractivity contribution in [3.63, 3.8) is 0 Å². The number of aryl methyl sites for hydroxylation is 2. The van der Waals surface area contributed by atoms with E-state index >= 15 is 0 Å². The molecule has 0 saturated heterocycles. The summed E-state index contributed by atoms with van der Waals surface area (Å²) in [5.74, 6) is 1.90. The van der Waals surface area contributed by atoms with E-state index in [-0.39, 0.29) is 36.2 Å². The number of nitrogens with one attached hydrogen (secondary N) is 2. The van der Waals surface area contributed by atoms with Gasteiger partial charge in [0, 0.05) is 19.2 Å². The highest BCUT2D eigenvalue weighted by Gasteiger charge is 2.51. The molecule has 6 heteroatoms.